The largest absolute Gasteiger partial charge is 0.378 e. The van der Waals surface area contributed by atoms with Gasteiger partial charge in [-0.05, 0) is 19.1 Å². The Kier molecular flexibility index (Phi) is 4.53. The smallest absolute Gasteiger partial charge is 0.243 e. The lowest BCUT2D eigenvalue weighted by Gasteiger charge is -2.59. The summed E-state index contributed by atoms with van der Waals surface area (Å²) in [6.45, 7) is 9.65. The van der Waals surface area contributed by atoms with Crippen LogP contribution in [-0.2, 0) is 9.53 Å². The molecule has 3 rings (SSSR count). The lowest BCUT2D eigenvalue weighted by Crippen LogP contribution is -2.76. The topological polar surface area (TPSA) is 71.7 Å². The third-order valence-electron chi connectivity index (χ3n) is 5.75. The van der Waals surface area contributed by atoms with Crippen molar-refractivity contribution in [3.8, 4) is 0 Å². The molecule has 1 saturated heterocycles. The molecular formula is C18H28N4O2. The molecule has 2 heterocycles. The summed E-state index contributed by atoms with van der Waals surface area (Å²) in [5, 5.41) is 0. The highest BCUT2D eigenvalue weighted by molar-refractivity contribution is 5.89. The number of anilines is 1. The summed E-state index contributed by atoms with van der Waals surface area (Å²) >= 11 is 0. The summed E-state index contributed by atoms with van der Waals surface area (Å²) in [7, 11) is 0. The number of ether oxygens (including phenoxy) is 1. The van der Waals surface area contributed by atoms with Crippen LogP contribution in [0.2, 0.25) is 0 Å². The van der Waals surface area contributed by atoms with Crippen LogP contribution in [0.5, 0.6) is 0 Å². The molecule has 2 atom stereocenters. The fraction of sp³-hybridized carbons (Fsp3) is 0.667. The van der Waals surface area contributed by atoms with Gasteiger partial charge in [-0.25, -0.2) is 4.98 Å². The van der Waals surface area contributed by atoms with Gasteiger partial charge in [-0.2, -0.15) is 0 Å². The third kappa shape index (κ3) is 2.67. The minimum atomic E-state index is -0.819. The van der Waals surface area contributed by atoms with E-state index in [2.05, 4.69) is 9.88 Å². The standard InChI is InChI=1S/C18H28N4O2/c1-4-24-14-13-18(19,17(14,2)3)16(23)22-11-9-21(10-12-22)15-7-5-6-8-20-15/h5-8,14H,4,9-13,19H2,1-3H3. The SMILES string of the molecule is CCOC1CC(N)(C(=O)N2CCN(c3ccccn3)CC2)C1(C)C. The van der Waals surface area contributed by atoms with E-state index < -0.39 is 5.54 Å². The van der Waals surface area contributed by atoms with Gasteiger partial charge in [0.2, 0.25) is 5.91 Å². The molecule has 0 radical (unpaired) electrons. The quantitative estimate of drug-likeness (QED) is 0.899. The normalized spacial score (nSPS) is 29.2. The van der Waals surface area contributed by atoms with E-state index in [9.17, 15) is 4.79 Å². The molecule has 1 amide bonds. The number of nitrogens with two attached hydrogens (primary N) is 1. The molecule has 1 aromatic rings. The van der Waals surface area contributed by atoms with Crippen molar-refractivity contribution in [2.45, 2.75) is 38.8 Å². The molecule has 6 heteroatoms. The van der Waals surface area contributed by atoms with Gasteiger partial charge in [-0.1, -0.05) is 19.9 Å². The van der Waals surface area contributed by atoms with Crippen molar-refractivity contribution in [3.05, 3.63) is 24.4 Å². The van der Waals surface area contributed by atoms with Crippen molar-refractivity contribution in [2.75, 3.05) is 37.7 Å². The molecule has 24 heavy (non-hydrogen) atoms. The van der Waals surface area contributed by atoms with E-state index in [0.717, 1.165) is 18.9 Å². The Hall–Kier alpha value is -1.66. The Morgan fingerprint density at radius 2 is 2.04 bits per heavy atom. The summed E-state index contributed by atoms with van der Waals surface area (Å²) in [5.41, 5.74) is 5.37. The van der Waals surface area contributed by atoms with Gasteiger partial charge < -0.3 is 20.3 Å². The lowest BCUT2D eigenvalue weighted by molar-refractivity contribution is -0.179. The van der Waals surface area contributed by atoms with E-state index in [0.29, 0.717) is 26.1 Å². The lowest BCUT2D eigenvalue weighted by atomic mass is 9.54. The Balaban J connectivity index is 1.62. The van der Waals surface area contributed by atoms with Crippen LogP contribution in [0.1, 0.15) is 27.2 Å². The molecule has 132 valence electrons. The number of nitrogens with zero attached hydrogens (tertiary/aromatic N) is 3. The average molecular weight is 332 g/mol. The second-order valence-electron chi connectivity index (χ2n) is 7.31. The second kappa shape index (κ2) is 6.33. The summed E-state index contributed by atoms with van der Waals surface area (Å²) in [5.74, 6) is 1.02. The predicted molar refractivity (Wildman–Crippen MR) is 93.8 cm³/mol. The zero-order valence-electron chi connectivity index (χ0n) is 14.9. The van der Waals surface area contributed by atoms with Crippen LogP contribution < -0.4 is 10.6 Å². The first-order valence-electron chi connectivity index (χ1n) is 8.76. The summed E-state index contributed by atoms with van der Waals surface area (Å²) < 4.78 is 5.73. The van der Waals surface area contributed by atoms with Crippen molar-refractivity contribution in [1.82, 2.24) is 9.88 Å². The summed E-state index contributed by atoms with van der Waals surface area (Å²) in [6, 6.07) is 5.90. The molecule has 1 aliphatic carbocycles. The molecule has 0 aromatic carbocycles. The van der Waals surface area contributed by atoms with E-state index in [1.165, 1.54) is 0 Å². The van der Waals surface area contributed by atoms with Crippen molar-refractivity contribution in [3.63, 3.8) is 0 Å². The van der Waals surface area contributed by atoms with Gasteiger partial charge >= 0.3 is 0 Å². The summed E-state index contributed by atoms with van der Waals surface area (Å²) in [4.78, 5) is 21.5. The highest BCUT2D eigenvalue weighted by atomic mass is 16.5. The van der Waals surface area contributed by atoms with Crippen LogP contribution >= 0.6 is 0 Å². The molecule has 2 fully saturated rings. The van der Waals surface area contributed by atoms with Crippen LogP contribution in [0.15, 0.2) is 24.4 Å². The maximum atomic E-state index is 13.0. The van der Waals surface area contributed by atoms with Gasteiger partial charge in [0.15, 0.2) is 0 Å². The average Bonchev–Trinajstić information content (AvgIpc) is 2.61. The molecule has 2 N–H and O–H groups in total. The van der Waals surface area contributed by atoms with Gasteiger partial charge in [0.1, 0.15) is 11.4 Å². The van der Waals surface area contributed by atoms with Crippen LogP contribution in [0.4, 0.5) is 5.82 Å². The molecule has 1 saturated carbocycles. The van der Waals surface area contributed by atoms with Crippen molar-refractivity contribution >= 4 is 11.7 Å². The molecule has 1 aliphatic heterocycles. The van der Waals surface area contributed by atoms with E-state index in [1.54, 1.807) is 6.20 Å². The molecule has 1 aromatic heterocycles. The number of amides is 1. The fourth-order valence-electron chi connectivity index (χ4n) is 3.76. The first-order chi connectivity index (χ1) is 11.4. The number of aromatic nitrogens is 1. The number of hydrogen-bond donors (Lipinski definition) is 1. The van der Waals surface area contributed by atoms with E-state index in [1.807, 2.05) is 43.9 Å². The molecule has 0 spiro atoms. The van der Waals surface area contributed by atoms with Gasteiger partial charge in [-0.15, -0.1) is 0 Å². The minimum Gasteiger partial charge on any atom is -0.378 e. The monoisotopic (exact) mass is 332 g/mol. The summed E-state index contributed by atoms with van der Waals surface area (Å²) in [6.07, 6.45) is 2.46. The highest BCUT2D eigenvalue weighted by Crippen LogP contribution is 2.50. The number of rotatable bonds is 4. The predicted octanol–water partition coefficient (Wildman–Crippen LogP) is 1.26. The zero-order valence-corrected chi connectivity index (χ0v) is 14.9. The maximum absolute atomic E-state index is 13.0. The number of hydrogen-bond acceptors (Lipinski definition) is 5. The van der Waals surface area contributed by atoms with Gasteiger partial charge in [0.25, 0.3) is 0 Å². The van der Waals surface area contributed by atoms with E-state index in [-0.39, 0.29) is 17.4 Å². The minimum absolute atomic E-state index is 0.0594. The molecular weight excluding hydrogens is 304 g/mol. The number of pyridine rings is 1. The maximum Gasteiger partial charge on any atom is 0.243 e. The molecule has 2 aliphatic rings. The van der Waals surface area contributed by atoms with Gasteiger partial charge in [0, 0.05) is 50.8 Å². The van der Waals surface area contributed by atoms with Gasteiger partial charge in [-0.3, -0.25) is 4.79 Å². The third-order valence-corrected chi connectivity index (χ3v) is 5.75. The number of carbonyl (C=O) groups is 1. The second-order valence-corrected chi connectivity index (χ2v) is 7.31. The van der Waals surface area contributed by atoms with Crippen molar-refractivity contribution in [1.29, 1.82) is 0 Å². The number of carbonyl (C=O) groups excluding carboxylic acids is 1. The van der Waals surface area contributed by atoms with Crippen LogP contribution in [0, 0.1) is 5.41 Å². The Morgan fingerprint density at radius 3 is 2.58 bits per heavy atom. The molecule has 0 bridgehead atoms. The van der Waals surface area contributed by atoms with E-state index >= 15 is 0 Å². The first kappa shape index (κ1) is 17.2. The van der Waals surface area contributed by atoms with Crippen LogP contribution in [-0.4, -0.2) is 60.2 Å². The van der Waals surface area contributed by atoms with Crippen molar-refractivity contribution < 1.29 is 9.53 Å². The zero-order chi connectivity index (χ0) is 17.4. The van der Waals surface area contributed by atoms with E-state index in [4.69, 9.17) is 10.5 Å². The Bertz CT molecular complexity index is 584. The Morgan fingerprint density at radius 1 is 1.33 bits per heavy atom. The first-order valence-corrected chi connectivity index (χ1v) is 8.76. The fourth-order valence-corrected chi connectivity index (χ4v) is 3.76. The Labute approximate surface area is 144 Å². The van der Waals surface area contributed by atoms with Gasteiger partial charge in [0.05, 0.1) is 6.10 Å². The molecule has 2 unspecified atom stereocenters. The molecule has 6 nitrogen and oxygen atoms in total. The van der Waals surface area contributed by atoms with Crippen molar-refractivity contribution in [2.24, 2.45) is 11.1 Å². The number of piperazine rings is 1. The highest BCUT2D eigenvalue weighted by Gasteiger charge is 2.63. The van der Waals surface area contributed by atoms with Crippen LogP contribution in [0.3, 0.4) is 0 Å². The van der Waals surface area contributed by atoms with Crippen LogP contribution in [0.25, 0.3) is 0 Å².